The highest BCUT2D eigenvalue weighted by molar-refractivity contribution is 6.32. The van der Waals surface area contributed by atoms with Crippen molar-refractivity contribution in [3.8, 4) is 11.5 Å². The van der Waals surface area contributed by atoms with Gasteiger partial charge in [-0.25, -0.2) is 4.39 Å². The maximum Gasteiger partial charge on any atom is 0.224 e. The molecule has 0 aliphatic carbocycles. The topological polar surface area (TPSA) is 60.0 Å². The van der Waals surface area contributed by atoms with Gasteiger partial charge in [-0.1, -0.05) is 29.3 Å². The molecule has 2 atom stereocenters. The van der Waals surface area contributed by atoms with E-state index in [2.05, 4.69) is 10.2 Å². The molecule has 2 aromatic rings. The molecule has 172 valence electrons. The summed E-state index contributed by atoms with van der Waals surface area (Å²) in [4.78, 5) is 14.8. The highest BCUT2D eigenvalue weighted by atomic mass is 35.5. The van der Waals surface area contributed by atoms with Gasteiger partial charge in [0.1, 0.15) is 19.0 Å². The Kier molecular flexibility index (Phi) is 7.40. The van der Waals surface area contributed by atoms with Gasteiger partial charge in [-0.15, -0.1) is 0 Å². The van der Waals surface area contributed by atoms with Crippen molar-refractivity contribution in [3.63, 3.8) is 0 Å². The molecule has 2 unspecified atom stereocenters. The highest BCUT2D eigenvalue weighted by Gasteiger charge is 2.29. The Labute approximate surface area is 196 Å². The fraction of sp³-hybridized carbons (Fsp3) is 0.435. The van der Waals surface area contributed by atoms with Gasteiger partial charge in [-0.05, 0) is 36.8 Å². The van der Waals surface area contributed by atoms with Gasteiger partial charge in [-0.3, -0.25) is 9.69 Å². The summed E-state index contributed by atoms with van der Waals surface area (Å²) in [6.07, 6.45) is 0.112. The van der Waals surface area contributed by atoms with Gasteiger partial charge in [-0.2, -0.15) is 0 Å². The second-order valence-corrected chi connectivity index (χ2v) is 8.72. The lowest BCUT2D eigenvalue weighted by Crippen LogP contribution is -2.47. The molecule has 9 heteroatoms. The van der Waals surface area contributed by atoms with Crippen LogP contribution < -0.4 is 14.8 Å². The van der Waals surface area contributed by atoms with Gasteiger partial charge in [0, 0.05) is 30.2 Å². The Morgan fingerprint density at radius 2 is 2.03 bits per heavy atom. The third kappa shape index (κ3) is 5.29. The van der Waals surface area contributed by atoms with Crippen LogP contribution in [0.15, 0.2) is 30.3 Å². The minimum absolute atomic E-state index is 0.00681. The smallest absolute Gasteiger partial charge is 0.224 e. The summed E-state index contributed by atoms with van der Waals surface area (Å²) in [6, 6.07) is 7.66. The molecule has 0 bridgehead atoms. The van der Waals surface area contributed by atoms with E-state index in [9.17, 15) is 9.18 Å². The number of carbonyl (C=O) groups is 1. The monoisotopic (exact) mass is 482 g/mol. The predicted octanol–water partition coefficient (Wildman–Crippen LogP) is 4.02. The first-order valence-electron chi connectivity index (χ1n) is 10.6. The lowest BCUT2D eigenvalue weighted by Gasteiger charge is -2.38. The molecule has 1 saturated heterocycles. The molecule has 6 nitrogen and oxygen atoms in total. The van der Waals surface area contributed by atoms with Gasteiger partial charge < -0.3 is 19.5 Å². The molecule has 1 amide bonds. The van der Waals surface area contributed by atoms with Gasteiger partial charge >= 0.3 is 0 Å². The number of hydrogen-bond acceptors (Lipinski definition) is 5. The third-order valence-electron chi connectivity index (χ3n) is 5.56. The van der Waals surface area contributed by atoms with Gasteiger partial charge in [0.2, 0.25) is 5.91 Å². The molecule has 0 saturated carbocycles. The number of rotatable bonds is 6. The first-order valence-corrected chi connectivity index (χ1v) is 11.3. The average Bonchev–Trinajstić information content (AvgIpc) is 2.76. The first kappa shape index (κ1) is 23.1. The molecule has 2 heterocycles. The number of fused-ring (bicyclic) bond motifs is 1. The second kappa shape index (κ2) is 10.3. The predicted molar refractivity (Wildman–Crippen MR) is 120 cm³/mol. The number of benzene rings is 2. The number of morpholine rings is 1. The molecule has 2 aliphatic heterocycles. The van der Waals surface area contributed by atoms with Crippen LogP contribution in [0.4, 0.5) is 4.39 Å². The van der Waals surface area contributed by atoms with Gasteiger partial charge in [0.15, 0.2) is 11.5 Å². The standard InChI is InChI=1S/C23H25Cl2FN2O4/c1-14-13-28(5-6-30-14)19(22-16(24)3-2-4-18(22)26)12-27-21(29)11-15-9-17(25)23-20(10-15)31-7-8-32-23/h2-4,9-10,14,19H,5-8,11-13H2,1H3,(H,27,29). The van der Waals surface area contributed by atoms with Crippen LogP contribution in [-0.4, -0.2) is 56.4 Å². The summed E-state index contributed by atoms with van der Waals surface area (Å²) in [7, 11) is 0. The summed E-state index contributed by atoms with van der Waals surface area (Å²) in [5, 5.41) is 3.67. The van der Waals surface area contributed by atoms with Crippen molar-refractivity contribution < 1.29 is 23.4 Å². The summed E-state index contributed by atoms with van der Waals surface area (Å²) >= 11 is 12.6. The summed E-state index contributed by atoms with van der Waals surface area (Å²) in [6.45, 7) is 4.82. The van der Waals surface area contributed by atoms with Crippen molar-refractivity contribution in [1.82, 2.24) is 10.2 Å². The second-order valence-electron chi connectivity index (χ2n) is 7.91. The van der Waals surface area contributed by atoms with E-state index >= 15 is 0 Å². The highest BCUT2D eigenvalue weighted by Crippen LogP contribution is 2.38. The zero-order chi connectivity index (χ0) is 22.7. The van der Waals surface area contributed by atoms with Crippen LogP contribution in [0.5, 0.6) is 11.5 Å². The average molecular weight is 483 g/mol. The van der Waals surface area contributed by atoms with E-state index in [0.29, 0.717) is 65.6 Å². The van der Waals surface area contributed by atoms with Crippen molar-refractivity contribution >= 4 is 29.1 Å². The number of halogens is 3. The van der Waals surface area contributed by atoms with E-state index in [0.717, 1.165) is 0 Å². The summed E-state index contributed by atoms with van der Waals surface area (Å²) in [5.74, 6) is 0.425. The molecular formula is C23H25Cl2FN2O4. The minimum Gasteiger partial charge on any atom is -0.486 e. The Morgan fingerprint density at radius 3 is 2.81 bits per heavy atom. The van der Waals surface area contributed by atoms with Crippen molar-refractivity contribution in [1.29, 1.82) is 0 Å². The number of nitrogens with one attached hydrogen (secondary N) is 1. The fourth-order valence-electron chi connectivity index (χ4n) is 4.10. The SMILES string of the molecule is CC1CN(C(CNC(=O)Cc2cc(Cl)c3c(c2)OCCO3)c2c(F)cccc2Cl)CCO1. The number of carbonyl (C=O) groups excluding carboxylic acids is 1. The van der Waals surface area contributed by atoms with Crippen LogP contribution in [0.3, 0.4) is 0 Å². The lowest BCUT2D eigenvalue weighted by molar-refractivity contribution is -0.120. The molecule has 0 aromatic heterocycles. The quantitative estimate of drug-likeness (QED) is 0.673. The molecule has 1 fully saturated rings. The van der Waals surface area contributed by atoms with Gasteiger partial charge in [0.05, 0.1) is 30.2 Å². The molecule has 4 rings (SSSR count). The van der Waals surface area contributed by atoms with E-state index in [1.165, 1.54) is 6.07 Å². The van der Waals surface area contributed by atoms with E-state index in [1.54, 1.807) is 24.3 Å². The van der Waals surface area contributed by atoms with E-state index in [1.807, 2.05) is 6.92 Å². The Balaban J connectivity index is 1.48. The molecule has 1 N–H and O–H groups in total. The lowest BCUT2D eigenvalue weighted by atomic mass is 10.0. The van der Waals surface area contributed by atoms with Crippen molar-refractivity contribution in [2.75, 3.05) is 39.5 Å². The van der Waals surface area contributed by atoms with Crippen molar-refractivity contribution in [2.24, 2.45) is 0 Å². The van der Waals surface area contributed by atoms with Crippen molar-refractivity contribution in [2.45, 2.75) is 25.5 Å². The van der Waals surface area contributed by atoms with Crippen LogP contribution in [0.2, 0.25) is 10.0 Å². The van der Waals surface area contributed by atoms with Crippen LogP contribution in [0.25, 0.3) is 0 Å². The Morgan fingerprint density at radius 1 is 1.22 bits per heavy atom. The van der Waals surface area contributed by atoms with Crippen LogP contribution in [0.1, 0.15) is 24.1 Å². The van der Waals surface area contributed by atoms with E-state index in [-0.39, 0.29) is 25.0 Å². The molecule has 2 aliphatic rings. The summed E-state index contributed by atoms with van der Waals surface area (Å²) < 4.78 is 31.5. The Hall–Kier alpha value is -2.06. The maximum atomic E-state index is 14.7. The largest absolute Gasteiger partial charge is 0.486 e. The van der Waals surface area contributed by atoms with Gasteiger partial charge in [0.25, 0.3) is 0 Å². The minimum atomic E-state index is -0.414. The van der Waals surface area contributed by atoms with Crippen molar-refractivity contribution in [3.05, 3.63) is 57.3 Å². The number of nitrogens with zero attached hydrogens (tertiary/aromatic N) is 1. The number of ether oxygens (including phenoxy) is 3. The Bertz CT molecular complexity index is 970. The normalized spacial score (nSPS) is 19.4. The third-order valence-corrected chi connectivity index (χ3v) is 6.17. The molecule has 2 aromatic carbocycles. The molecule has 0 radical (unpaired) electrons. The molecule has 32 heavy (non-hydrogen) atoms. The molecular weight excluding hydrogens is 458 g/mol. The zero-order valence-electron chi connectivity index (χ0n) is 17.7. The molecule has 0 spiro atoms. The van der Waals surface area contributed by atoms with E-state index < -0.39 is 11.9 Å². The van der Waals surface area contributed by atoms with Crippen LogP contribution >= 0.6 is 23.2 Å². The van der Waals surface area contributed by atoms with Crippen LogP contribution in [-0.2, 0) is 16.0 Å². The fourth-order valence-corrected chi connectivity index (χ4v) is 4.67. The number of amides is 1. The zero-order valence-corrected chi connectivity index (χ0v) is 19.2. The maximum absolute atomic E-state index is 14.7. The van der Waals surface area contributed by atoms with E-state index in [4.69, 9.17) is 37.4 Å². The van der Waals surface area contributed by atoms with Crippen LogP contribution in [0, 0.1) is 5.82 Å². The number of hydrogen-bond donors (Lipinski definition) is 1. The first-order chi connectivity index (χ1) is 15.4. The summed E-state index contributed by atoms with van der Waals surface area (Å²) in [5.41, 5.74) is 1.09.